The zero-order valence-electron chi connectivity index (χ0n) is 12.4. The highest BCUT2D eigenvalue weighted by molar-refractivity contribution is 7.99. The lowest BCUT2D eigenvalue weighted by Crippen LogP contribution is -2.41. The second-order valence-electron chi connectivity index (χ2n) is 4.90. The summed E-state index contributed by atoms with van der Waals surface area (Å²) in [7, 11) is -3.28. The zero-order chi connectivity index (χ0) is 16.0. The van der Waals surface area contributed by atoms with Crippen molar-refractivity contribution in [3.8, 4) is 0 Å². The summed E-state index contributed by atoms with van der Waals surface area (Å²) < 4.78 is 31.0. The van der Waals surface area contributed by atoms with E-state index in [0.717, 1.165) is 17.3 Å². The number of nitrogens with zero attached hydrogens (tertiary/aromatic N) is 1. The normalized spacial score (nSPS) is 17.0. The quantitative estimate of drug-likeness (QED) is 0.782. The SMILES string of the molecule is Cc1ccc(/C=C/C(=O)NCCS(=O)(=O)N2CCSCC2)o1. The van der Waals surface area contributed by atoms with Crippen LogP contribution in [0.2, 0.25) is 0 Å². The number of furan rings is 1. The van der Waals surface area contributed by atoms with Crippen molar-refractivity contribution in [2.45, 2.75) is 6.92 Å². The van der Waals surface area contributed by atoms with Crippen LogP contribution in [0.5, 0.6) is 0 Å². The number of carbonyl (C=O) groups is 1. The lowest BCUT2D eigenvalue weighted by molar-refractivity contribution is -0.116. The number of nitrogens with one attached hydrogen (secondary N) is 1. The van der Waals surface area contributed by atoms with E-state index < -0.39 is 10.0 Å². The molecule has 0 aliphatic carbocycles. The molecular formula is C14H20N2O4S2. The molecule has 1 aliphatic heterocycles. The van der Waals surface area contributed by atoms with Crippen molar-refractivity contribution in [3.63, 3.8) is 0 Å². The molecule has 1 amide bonds. The molecule has 0 radical (unpaired) electrons. The maximum atomic E-state index is 12.1. The first kappa shape index (κ1) is 17.1. The van der Waals surface area contributed by atoms with Gasteiger partial charge in [0.05, 0.1) is 5.75 Å². The first-order valence-corrected chi connectivity index (χ1v) is 9.82. The van der Waals surface area contributed by atoms with Gasteiger partial charge in [0.25, 0.3) is 0 Å². The third kappa shape index (κ3) is 5.19. The van der Waals surface area contributed by atoms with E-state index in [1.165, 1.54) is 10.4 Å². The molecule has 0 saturated carbocycles. The van der Waals surface area contributed by atoms with E-state index >= 15 is 0 Å². The Kier molecular flexibility index (Phi) is 6.10. The molecule has 1 aliphatic rings. The van der Waals surface area contributed by atoms with Gasteiger partial charge in [-0.25, -0.2) is 12.7 Å². The molecule has 1 N–H and O–H groups in total. The van der Waals surface area contributed by atoms with Gasteiger partial charge in [0, 0.05) is 37.2 Å². The Morgan fingerprint density at radius 2 is 2.14 bits per heavy atom. The van der Waals surface area contributed by atoms with Gasteiger partial charge >= 0.3 is 0 Å². The first-order valence-electron chi connectivity index (χ1n) is 7.05. The fourth-order valence-corrected chi connectivity index (χ4v) is 4.51. The number of amides is 1. The van der Waals surface area contributed by atoms with Crippen molar-refractivity contribution < 1.29 is 17.6 Å². The highest BCUT2D eigenvalue weighted by atomic mass is 32.2. The molecule has 6 nitrogen and oxygen atoms in total. The largest absolute Gasteiger partial charge is 0.462 e. The summed E-state index contributed by atoms with van der Waals surface area (Å²) in [6.45, 7) is 3.03. The smallest absolute Gasteiger partial charge is 0.244 e. The summed E-state index contributed by atoms with van der Waals surface area (Å²) in [6, 6.07) is 3.57. The van der Waals surface area contributed by atoms with Crippen molar-refractivity contribution in [2.24, 2.45) is 0 Å². The predicted octanol–water partition coefficient (Wildman–Crippen LogP) is 1.10. The van der Waals surface area contributed by atoms with Crippen LogP contribution >= 0.6 is 11.8 Å². The van der Waals surface area contributed by atoms with Gasteiger partial charge in [-0.1, -0.05) is 0 Å². The van der Waals surface area contributed by atoms with E-state index in [-0.39, 0.29) is 18.2 Å². The molecule has 0 spiro atoms. The summed E-state index contributed by atoms with van der Waals surface area (Å²) in [6.07, 6.45) is 2.89. The van der Waals surface area contributed by atoms with Crippen molar-refractivity contribution in [1.29, 1.82) is 0 Å². The molecule has 2 heterocycles. The molecule has 122 valence electrons. The molecule has 1 aromatic rings. The monoisotopic (exact) mass is 344 g/mol. The Balaban J connectivity index is 1.75. The molecule has 0 aromatic carbocycles. The average Bonchev–Trinajstić information content (AvgIpc) is 2.91. The molecule has 0 atom stereocenters. The highest BCUT2D eigenvalue weighted by Crippen LogP contribution is 2.13. The van der Waals surface area contributed by atoms with Crippen molar-refractivity contribution in [2.75, 3.05) is 36.9 Å². The summed E-state index contributed by atoms with van der Waals surface area (Å²) in [5, 5.41) is 2.58. The minimum absolute atomic E-state index is 0.0723. The number of hydrogen-bond donors (Lipinski definition) is 1. The van der Waals surface area contributed by atoms with Crippen LogP contribution in [-0.4, -0.2) is 55.5 Å². The summed E-state index contributed by atoms with van der Waals surface area (Å²) in [5.41, 5.74) is 0. The van der Waals surface area contributed by atoms with Crippen LogP contribution in [-0.2, 0) is 14.8 Å². The van der Waals surface area contributed by atoms with Gasteiger partial charge in [-0.15, -0.1) is 0 Å². The van der Waals surface area contributed by atoms with E-state index in [0.29, 0.717) is 18.8 Å². The minimum Gasteiger partial charge on any atom is -0.462 e. The van der Waals surface area contributed by atoms with Crippen LogP contribution in [0.4, 0.5) is 0 Å². The Hall–Kier alpha value is -1.25. The number of aryl methyl sites for hydroxylation is 1. The van der Waals surface area contributed by atoms with Crippen molar-refractivity contribution in [3.05, 3.63) is 29.7 Å². The fraction of sp³-hybridized carbons (Fsp3) is 0.500. The van der Waals surface area contributed by atoms with Gasteiger partial charge in [-0.3, -0.25) is 4.79 Å². The standard InChI is InChI=1S/C14H20N2O4S2/c1-12-2-3-13(20-12)4-5-14(17)15-6-11-22(18,19)16-7-9-21-10-8-16/h2-5H,6-11H2,1H3,(H,15,17)/b5-4+. The van der Waals surface area contributed by atoms with Crippen LogP contribution in [0.15, 0.2) is 22.6 Å². The third-order valence-electron chi connectivity index (χ3n) is 3.18. The Morgan fingerprint density at radius 1 is 1.41 bits per heavy atom. The Labute approximate surface area is 135 Å². The Bertz CT molecular complexity index is 631. The van der Waals surface area contributed by atoms with Gasteiger partial charge in [-0.2, -0.15) is 11.8 Å². The zero-order valence-corrected chi connectivity index (χ0v) is 14.1. The van der Waals surface area contributed by atoms with Gasteiger partial charge in [-0.05, 0) is 25.1 Å². The molecule has 1 aromatic heterocycles. The number of rotatable bonds is 6. The highest BCUT2D eigenvalue weighted by Gasteiger charge is 2.23. The summed E-state index contributed by atoms with van der Waals surface area (Å²) in [5.74, 6) is 2.61. The molecule has 8 heteroatoms. The van der Waals surface area contributed by atoms with Gasteiger partial charge in [0.1, 0.15) is 11.5 Å². The summed E-state index contributed by atoms with van der Waals surface area (Å²) in [4.78, 5) is 11.6. The molecule has 0 bridgehead atoms. The predicted molar refractivity (Wildman–Crippen MR) is 88.2 cm³/mol. The van der Waals surface area contributed by atoms with E-state index in [9.17, 15) is 13.2 Å². The van der Waals surface area contributed by atoms with Gasteiger partial charge < -0.3 is 9.73 Å². The fourth-order valence-electron chi connectivity index (χ4n) is 2.02. The van der Waals surface area contributed by atoms with Crippen LogP contribution in [0.25, 0.3) is 6.08 Å². The third-order valence-corrected chi connectivity index (χ3v) is 6.00. The van der Waals surface area contributed by atoms with Crippen LogP contribution in [0.3, 0.4) is 0 Å². The van der Waals surface area contributed by atoms with Gasteiger partial charge in [0.2, 0.25) is 15.9 Å². The second-order valence-corrected chi connectivity index (χ2v) is 8.21. The van der Waals surface area contributed by atoms with E-state index in [1.54, 1.807) is 30.0 Å². The van der Waals surface area contributed by atoms with Crippen LogP contribution in [0, 0.1) is 6.92 Å². The van der Waals surface area contributed by atoms with Gasteiger partial charge in [0.15, 0.2) is 0 Å². The topological polar surface area (TPSA) is 79.6 Å². The number of sulfonamides is 1. The van der Waals surface area contributed by atoms with Crippen molar-refractivity contribution in [1.82, 2.24) is 9.62 Å². The average molecular weight is 344 g/mol. The lowest BCUT2D eigenvalue weighted by atomic mass is 10.4. The maximum absolute atomic E-state index is 12.1. The number of carbonyl (C=O) groups excluding carboxylic acids is 1. The molecule has 0 unspecified atom stereocenters. The van der Waals surface area contributed by atoms with Crippen LogP contribution < -0.4 is 5.32 Å². The maximum Gasteiger partial charge on any atom is 0.244 e. The molecular weight excluding hydrogens is 324 g/mol. The lowest BCUT2D eigenvalue weighted by Gasteiger charge is -2.25. The Morgan fingerprint density at radius 3 is 2.77 bits per heavy atom. The van der Waals surface area contributed by atoms with E-state index in [4.69, 9.17) is 4.42 Å². The number of hydrogen-bond acceptors (Lipinski definition) is 5. The van der Waals surface area contributed by atoms with E-state index in [2.05, 4.69) is 5.32 Å². The summed E-state index contributed by atoms with van der Waals surface area (Å²) >= 11 is 1.76. The molecule has 1 saturated heterocycles. The van der Waals surface area contributed by atoms with Crippen molar-refractivity contribution >= 4 is 33.8 Å². The number of thioether (sulfide) groups is 1. The molecule has 2 rings (SSSR count). The first-order chi connectivity index (χ1) is 10.5. The second kappa shape index (κ2) is 7.85. The van der Waals surface area contributed by atoms with Crippen LogP contribution in [0.1, 0.15) is 11.5 Å². The molecule has 22 heavy (non-hydrogen) atoms. The van der Waals surface area contributed by atoms with E-state index in [1.807, 2.05) is 6.92 Å². The molecule has 1 fully saturated rings. The minimum atomic E-state index is -3.28.